The highest BCUT2D eigenvalue weighted by atomic mass is 35.5. The SMILES string of the molecule is CC(O)CN(C(=O)[C@H](C)N1CC[C@H](NS(=O)(=O)c2ccc3cc(Cl)ccc3c2)C1=O)C(C)C. The van der Waals surface area contributed by atoms with Gasteiger partial charge < -0.3 is 14.9 Å². The molecule has 0 saturated carbocycles. The number of fused-ring (bicyclic) bond motifs is 1. The maximum Gasteiger partial charge on any atom is 0.245 e. The van der Waals surface area contributed by atoms with Gasteiger partial charge in [0.1, 0.15) is 12.1 Å². The van der Waals surface area contributed by atoms with Crippen LogP contribution in [-0.2, 0) is 19.6 Å². The van der Waals surface area contributed by atoms with E-state index in [4.69, 9.17) is 11.6 Å². The van der Waals surface area contributed by atoms with Crippen molar-refractivity contribution in [3.8, 4) is 0 Å². The van der Waals surface area contributed by atoms with Gasteiger partial charge in [-0.25, -0.2) is 8.42 Å². The smallest absolute Gasteiger partial charge is 0.245 e. The summed E-state index contributed by atoms with van der Waals surface area (Å²) in [6.07, 6.45) is -0.438. The number of likely N-dealkylation sites (tertiary alicyclic amines) is 1. The zero-order valence-corrected chi connectivity index (χ0v) is 20.7. The average molecular weight is 496 g/mol. The Morgan fingerprint density at radius 1 is 1.18 bits per heavy atom. The third-order valence-corrected chi connectivity index (χ3v) is 7.52. The molecule has 2 aromatic carbocycles. The Labute approximate surface area is 199 Å². The number of aliphatic hydroxyl groups excluding tert-OH is 1. The quantitative estimate of drug-likeness (QED) is 0.584. The van der Waals surface area contributed by atoms with E-state index in [-0.39, 0.29) is 36.4 Å². The molecule has 0 aliphatic carbocycles. The number of nitrogens with zero attached hydrogens (tertiary/aromatic N) is 2. The predicted octanol–water partition coefficient (Wildman–Crippen LogP) is 2.38. The Kier molecular flexibility index (Phi) is 7.68. The van der Waals surface area contributed by atoms with Crippen LogP contribution in [-0.4, -0.2) is 72.5 Å². The van der Waals surface area contributed by atoms with Crippen LogP contribution in [0.1, 0.15) is 34.1 Å². The number of halogens is 1. The molecule has 33 heavy (non-hydrogen) atoms. The molecule has 1 heterocycles. The van der Waals surface area contributed by atoms with Crippen molar-refractivity contribution in [1.82, 2.24) is 14.5 Å². The topological polar surface area (TPSA) is 107 Å². The molecule has 0 bridgehead atoms. The maximum atomic E-state index is 13.0. The van der Waals surface area contributed by atoms with Gasteiger partial charge >= 0.3 is 0 Å². The number of rotatable bonds is 8. The van der Waals surface area contributed by atoms with Gasteiger partial charge in [-0.15, -0.1) is 0 Å². The number of carbonyl (C=O) groups excluding carboxylic acids is 2. The number of sulfonamides is 1. The van der Waals surface area contributed by atoms with Crippen LogP contribution in [0.25, 0.3) is 10.8 Å². The van der Waals surface area contributed by atoms with Crippen molar-refractivity contribution in [3.05, 3.63) is 41.4 Å². The monoisotopic (exact) mass is 495 g/mol. The summed E-state index contributed by atoms with van der Waals surface area (Å²) in [5, 5.41) is 11.8. The number of hydrogen-bond acceptors (Lipinski definition) is 5. The van der Waals surface area contributed by atoms with E-state index in [0.717, 1.165) is 5.39 Å². The minimum Gasteiger partial charge on any atom is -0.392 e. The van der Waals surface area contributed by atoms with Gasteiger partial charge in [-0.2, -0.15) is 4.72 Å². The second kappa shape index (κ2) is 9.97. The molecule has 0 radical (unpaired) electrons. The molecular formula is C23H30ClN3O5S. The lowest BCUT2D eigenvalue weighted by Gasteiger charge is -2.33. The Bertz CT molecular complexity index is 1150. The molecule has 3 rings (SSSR count). The van der Waals surface area contributed by atoms with Crippen molar-refractivity contribution in [3.63, 3.8) is 0 Å². The molecule has 2 aromatic rings. The van der Waals surface area contributed by atoms with E-state index in [1.807, 2.05) is 13.8 Å². The van der Waals surface area contributed by atoms with Crippen molar-refractivity contribution in [2.75, 3.05) is 13.1 Å². The summed E-state index contributed by atoms with van der Waals surface area (Å²) in [5.74, 6) is -0.719. The van der Waals surface area contributed by atoms with E-state index in [1.165, 1.54) is 21.9 Å². The van der Waals surface area contributed by atoms with Gasteiger partial charge in [0.05, 0.1) is 11.0 Å². The third-order valence-electron chi connectivity index (χ3n) is 5.81. The normalized spacial score (nSPS) is 18.7. The van der Waals surface area contributed by atoms with Gasteiger partial charge in [-0.3, -0.25) is 9.59 Å². The highest BCUT2D eigenvalue weighted by molar-refractivity contribution is 7.89. The van der Waals surface area contributed by atoms with E-state index < -0.39 is 34.1 Å². The summed E-state index contributed by atoms with van der Waals surface area (Å²) in [6, 6.07) is 7.98. The highest BCUT2D eigenvalue weighted by Crippen LogP contribution is 2.24. The average Bonchev–Trinajstić information content (AvgIpc) is 3.09. The third kappa shape index (κ3) is 5.66. The first-order valence-corrected chi connectivity index (χ1v) is 12.8. The summed E-state index contributed by atoms with van der Waals surface area (Å²) in [4.78, 5) is 29.0. The van der Waals surface area contributed by atoms with Crippen LogP contribution in [0, 0.1) is 0 Å². The van der Waals surface area contributed by atoms with Crippen molar-refractivity contribution in [1.29, 1.82) is 0 Å². The van der Waals surface area contributed by atoms with Crippen molar-refractivity contribution < 1.29 is 23.1 Å². The van der Waals surface area contributed by atoms with Gasteiger partial charge in [-0.05, 0) is 69.2 Å². The number of amides is 2. The molecular weight excluding hydrogens is 466 g/mol. The maximum absolute atomic E-state index is 13.0. The second-order valence-electron chi connectivity index (χ2n) is 8.76. The van der Waals surface area contributed by atoms with Crippen LogP contribution >= 0.6 is 11.6 Å². The molecule has 0 spiro atoms. The molecule has 1 aliphatic rings. The highest BCUT2D eigenvalue weighted by Gasteiger charge is 2.40. The van der Waals surface area contributed by atoms with Crippen LogP contribution in [0.4, 0.5) is 0 Å². The Morgan fingerprint density at radius 3 is 2.45 bits per heavy atom. The summed E-state index contributed by atoms with van der Waals surface area (Å²) in [7, 11) is -3.95. The largest absolute Gasteiger partial charge is 0.392 e. The summed E-state index contributed by atoms with van der Waals surface area (Å²) >= 11 is 5.99. The van der Waals surface area contributed by atoms with E-state index in [9.17, 15) is 23.1 Å². The first-order valence-electron chi connectivity index (χ1n) is 10.9. The fourth-order valence-corrected chi connectivity index (χ4v) is 5.47. The predicted molar refractivity (Wildman–Crippen MR) is 127 cm³/mol. The molecule has 180 valence electrons. The number of carbonyl (C=O) groups is 2. The number of aliphatic hydroxyl groups is 1. The van der Waals surface area contributed by atoms with Crippen molar-refractivity contribution in [2.24, 2.45) is 0 Å². The lowest BCUT2D eigenvalue weighted by molar-refractivity contribution is -0.145. The van der Waals surface area contributed by atoms with Crippen molar-refractivity contribution in [2.45, 2.75) is 63.2 Å². The first kappa shape index (κ1) is 25.4. The molecule has 1 fully saturated rings. The van der Waals surface area contributed by atoms with E-state index >= 15 is 0 Å². The molecule has 1 saturated heterocycles. The second-order valence-corrected chi connectivity index (χ2v) is 10.9. The molecule has 2 amide bonds. The molecule has 1 aliphatic heterocycles. The van der Waals surface area contributed by atoms with Gasteiger partial charge in [0.2, 0.25) is 21.8 Å². The standard InChI is InChI=1S/C23H30ClN3O5S/c1-14(2)27(13-15(3)28)22(29)16(4)26-10-9-21(23(26)30)25-33(31,32)20-8-6-17-11-19(24)7-5-18(17)12-20/h5-8,11-12,14-16,21,25,28H,9-10,13H2,1-4H3/t15?,16-,21-/m0/s1. The number of benzene rings is 2. The fourth-order valence-electron chi connectivity index (χ4n) is 4.03. The first-order chi connectivity index (χ1) is 15.4. The zero-order chi connectivity index (χ0) is 24.5. The van der Waals surface area contributed by atoms with Crippen molar-refractivity contribution >= 4 is 44.2 Å². The zero-order valence-electron chi connectivity index (χ0n) is 19.2. The number of nitrogens with one attached hydrogen (secondary N) is 1. The van der Waals surface area contributed by atoms with Gasteiger partial charge in [0.25, 0.3) is 0 Å². The minimum atomic E-state index is -3.95. The summed E-state index contributed by atoms with van der Waals surface area (Å²) < 4.78 is 28.4. The molecule has 3 atom stereocenters. The lowest BCUT2D eigenvalue weighted by atomic mass is 10.1. The fraction of sp³-hybridized carbons (Fsp3) is 0.478. The Hall–Kier alpha value is -2.20. The van der Waals surface area contributed by atoms with Gasteiger partial charge in [0.15, 0.2) is 0 Å². The molecule has 1 unspecified atom stereocenters. The van der Waals surface area contributed by atoms with Crippen LogP contribution in [0.5, 0.6) is 0 Å². The van der Waals surface area contributed by atoms with Crippen LogP contribution in [0.15, 0.2) is 41.3 Å². The Balaban J connectivity index is 1.74. The lowest BCUT2D eigenvalue weighted by Crippen LogP contribution is -2.53. The summed E-state index contributed by atoms with van der Waals surface area (Å²) in [5.41, 5.74) is 0. The summed E-state index contributed by atoms with van der Waals surface area (Å²) in [6.45, 7) is 7.33. The van der Waals surface area contributed by atoms with Gasteiger partial charge in [-0.1, -0.05) is 23.7 Å². The van der Waals surface area contributed by atoms with E-state index in [2.05, 4.69) is 4.72 Å². The minimum absolute atomic E-state index is 0.0515. The van der Waals surface area contributed by atoms with E-state index in [0.29, 0.717) is 10.4 Å². The van der Waals surface area contributed by atoms with E-state index in [1.54, 1.807) is 38.1 Å². The molecule has 0 aromatic heterocycles. The van der Waals surface area contributed by atoms with Crippen LogP contribution < -0.4 is 4.72 Å². The molecule has 10 heteroatoms. The molecule has 8 nitrogen and oxygen atoms in total. The van der Waals surface area contributed by atoms with Gasteiger partial charge in [0, 0.05) is 24.2 Å². The Morgan fingerprint density at radius 2 is 1.82 bits per heavy atom. The number of hydrogen-bond donors (Lipinski definition) is 2. The van der Waals surface area contributed by atoms with Crippen LogP contribution in [0.3, 0.4) is 0 Å². The molecule has 2 N–H and O–H groups in total. The van der Waals surface area contributed by atoms with Crippen LogP contribution in [0.2, 0.25) is 5.02 Å².